The molecule has 1 aromatic heterocycles. The number of likely N-dealkylation sites (N-methyl/N-ethyl adjacent to an activating group) is 2. The van der Waals surface area contributed by atoms with Gasteiger partial charge in [0.05, 0.1) is 6.26 Å². The van der Waals surface area contributed by atoms with Crippen molar-refractivity contribution < 1.29 is 28.2 Å². The van der Waals surface area contributed by atoms with Gasteiger partial charge in [-0.2, -0.15) is 0 Å². The maximum atomic E-state index is 13.1. The summed E-state index contributed by atoms with van der Waals surface area (Å²) in [6.45, 7) is 2.54. The Morgan fingerprint density at radius 2 is 1.72 bits per heavy atom. The van der Waals surface area contributed by atoms with Gasteiger partial charge in [-0.05, 0) is 17.1 Å². The van der Waals surface area contributed by atoms with Gasteiger partial charge in [-0.3, -0.25) is 29.1 Å². The average Bonchev–Trinajstić information content (AvgIpc) is 3.56. The summed E-state index contributed by atoms with van der Waals surface area (Å²) < 4.78 is 6.93. The predicted octanol–water partition coefficient (Wildman–Crippen LogP) is 0.636. The summed E-state index contributed by atoms with van der Waals surface area (Å²) in [7, 11) is 3.01. The van der Waals surface area contributed by atoms with Gasteiger partial charge in [0.2, 0.25) is 5.78 Å². The SMILES string of the molecule is CN1C(=O)C2C(=NC(CN3CCN(C(=O)c4ccco4)CC3)=[N+]2CC(=O)c2ccccc2)N(C)C1=O. The number of urea groups is 1. The third kappa shape index (κ3) is 4.22. The van der Waals surface area contributed by atoms with E-state index < -0.39 is 18.0 Å². The van der Waals surface area contributed by atoms with Crippen molar-refractivity contribution in [2.24, 2.45) is 4.99 Å². The van der Waals surface area contributed by atoms with Gasteiger partial charge in [0.15, 0.2) is 5.76 Å². The molecule has 4 heterocycles. The lowest BCUT2D eigenvalue weighted by molar-refractivity contribution is -0.523. The molecule has 3 aliphatic rings. The van der Waals surface area contributed by atoms with Crippen molar-refractivity contribution in [3.05, 3.63) is 60.1 Å². The fourth-order valence-corrected chi connectivity index (χ4v) is 4.69. The number of nitrogens with zero attached hydrogens (tertiary/aromatic N) is 6. The number of ketones is 1. The summed E-state index contributed by atoms with van der Waals surface area (Å²) in [6, 6.07) is 10.9. The summed E-state index contributed by atoms with van der Waals surface area (Å²) in [4.78, 5) is 62.3. The van der Waals surface area contributed by atoms with Crippen LogP contribution in [0.5, 0.6) is 0 Å². The van der Waals surface area contributed by atoms with Crippen molar-refractivity contribution in [1.82, 2.24) is 19.6 Å². The standard InChI is InChI=1S/C25H27N6O5/c1-27-22-21(24(34)28(2)25(27)35)31(15-18(32)17-7-4-3-5-8-17)20(26-22)16-29-10-12-30(13-11-29)23(33)19-9-6-14-36-19/h3-9,14,21H,10-13,15-16H2,1-2H3/q+1. The zero-order chi connectivity index (χ0) is 25.4. The minimum absolute atomic E-state index is 0.0461. The monoisotopic (exact) mass is 491 g/mol. The molecule has 2 fully saturated rings. The van der Waals surface area contributed by atoms with E-state index in [1.165, 1.54) is 18.2 Å². The summed E-state index contributed by atoms with van der Waals surface area (Å²) in [5, 5.41) is 0. The molecule has 1 aromatic carbocycles. The first kappa shape index (κ1) is 23.6. The van der Waals surface area contributed by atoms with Crippen LogP contribution in [-0.4, -0.2) is 119 Å². The van der Waals surface area contributed by atoms with Crippen molar-refractivity contribution in [3.63, 3.8) is 0 Å². The lowest BCUT2D eigenvalue weighted by Gasteiger charge is -2.33. The van der Waals surface area contributed by atoms with E-state index in [-0.39, 0.29) is 18.2 Å². The van der Waals surface area contributed by atoms with E-state index in [1.54, 1.807) is 52.9 Å². The minimum atomic E-state index is -0.845. The molecular weight excluding hydrogens is 464 g/mol. The van der Waals surface area contributed by atoms with Gasteiger partial charge < -0.3 is 9.32 Å². The normalized spacial score (nSPS) is 20.7. The lowest BCUT2D eigenvalue weighted by Crippen LogP contribution is -2.62. The molecule has 186 valence electrons. The number of Topliss-reactive ketones (excluding diaryl/α,β-unsaturated/α-hetero) is 1. The number of benzene rings is 1. The van der Waals surface area contributed by atoms with Crippen LogP contribution >= 0.6 is 0 Å². The zero-order valence-corrected chi connectivity index (χ0v) is 20.2. The van der Waals surface area contributed by atoms with Gasteiger partial charge in [0.25, 0.3) is 23.7 Å². The molecule has 0 spiro atoms. The average molecular weight is 492 g/mol. The number of amides is 4. The fraction of sp³-hybridized carbons (Fsp3) is 0.360. The largest absolute Gasteiger partial charge is 0.459 e. The van der Waals surface area contributed by atoms with Crippen LogP contribution in [0.15, 0.2) is 58.1 Å². The zero-order valence-electron chi connectivity index (χ0n) is 20.2. The number of aliphatic imine (C=N–C) groups is 1. The van der Waals surface area contributed by atoms with E-state index in [9.17, 15) is 19.2 Å². The van der Waals surface area contributed by atoms with Gasteiger partial charge in [-0.15, -0.1) is 0 Å². The molecule has 0 bridgehead atoms. The molecule has 2 aromatic rings. The highest BCUT2D eigenvalue weighted by Gasteiger charge is 2.53. The number of imide groups is 1. The molecule has 4 amide bonds. The van der Waals surface area contributed by atoms with E-state index in [2.05, 4.69) is 9.89 Å². The smallest absolute Gasteiger partial charge is 0.333 e. The Bertz CT molecular complexity index is 1260. The van der Waals surface area contributed by atoms with Gasteiger partial charge in [-0.25, -0.2) is 9.37 Å². The van der Waals surface area contributed by atoms with Crippen LogP contribution in [0, 0.1) is 0 Å². The van der Waals surface area contributed by atoms with E-state index in [0.717, 1.165) is 4.90 Å². The number of furan rings is 1. The third-order valence-electron chi connectivity index (χ3n) is 6.78. The first-order valence-electron chi connectivity index (χ1n) is 11.7. The Balaban J connectivity index is 1.37. The molecule has 36 heavy (non-hydrogen) atoms. The van der Waals surface area contributed by atoms with E-state index >= 15 is 0 Å². The summed E-state index contributed by atoms with van der Waals surface area (Å²) in [6.07, 6.45) is 1.48. The van der Waals surface area contributed by atoms with Crippen molar-refractivity contribution in [3.8, 4) is 0 Å². The molecule has 0 aliphatic carbocycles. The highest BCUT2D eigenvalue weighted by atomic mass is 16.3. The topological polar surface area (TPSA) is 110 Å². The number of carbonyl (C=O) groups excluding carboxylic acids is 4. The molecule has 0 saturated carbocycles. The van der Waals surface area contributed by atoms with Gasteiger partial charge in [0.1, 0.15) is 13.1 Å². The van der Waals surface area contributed by atoms with Crippen LogP contribution in [0.2, 0.25) is 0 Å². The van der Waals surface area contributed by atoms with Crippen LogP contribution in [0.1, 0.15) is 20.9 Å². The van der Waals surface area contributed by atoms with E-state index in [4.69, 9.17) is 4.42 Å². The predicted molar refractivity (Wildman–Crippen MR) is 129 cm³/mol. The number of rotatable bonds is 6. The second-order valence-corrected chi connectivity index (χ2v) is 8.99. The quantitative estimate of drug-likeness (QED) is 0.433. The number of carbonyl (C=O) groups is 4. The van der Waals surface area contributed by atoms with Crippen LogP contribution in [0.25, 0.3) is 0 Å². The van der Waals surface area contributed by atoms with Gasteiger partial charge in [0, 0.05) is 45.8 Å². The molecule has 11 heteroatoms. The molecule has 2 saturated heterocycles. The first-order valence-corrected chi connectivity index (χ1v) is 11.7. The molecular formula is C25H27N6O5+. The number of fused-ring (bicyclic) bond motifs is 1. The van der Waals surface area contributed by atoms with Gasteiger partial charge in [-0.1, -0.05) is 30.3 Å². The molecule has 3 aliphatic heterocycles. The highest BCUT2D eigenvalue weighted by molar-refractivity contribution is 6.23. The number of hydrogen-bond acceptors (Lipinski definition) is 7. The Hall–Kier alpha value is -4.12. The summed E-state index contributed by atoms with van der Waals surface area (Å²) in [5.41, 5.74) is 0.538. The van der Waals surface area contributed by atoms with Gasteiger partial charge >= 0.3 is 11.9 Å². The van der Waals surface area contributed by atoms with E-state index in [0.29, 0.717) is 55.7 Å². The van der Waals surface area contributed by atoms with Crippen LogP contribution in [0.3, 0.4) is 0 Å². The summed E-state index contributed by atoms with van der Waals surface area (Å²) >= 11 is 0. The second kappa shape index (κ2) is 9.50. The van der Waals surface area contributed by atoms with Crippen molar-refractivity contribution in [2.45, 2.75) is 6.04 Å². The Kier molecular flexibility index (Phi) is 6.23. The minimum Gasteiger partial charge on any atom is -0.459 e. The Labute approximate surface area is 207 Å². The number of amidine groups is 2. The highest BCUT2D eigenvalue weighted by Crippen LogP contribution is 2.20. The summed E-state index contributed by atoms with van der Waals surface area (Å²) in [5.74, 6) is 0.474. The fourth-order valence-electron chi connectivity index (χ4n) is 4.69. The molecule has 1 unspecified atom stereocenters. The maximum absolute atomic E-state index is 13.1. The first-order chi connectivity index (χ1) is 17.3. The van der Waals surface area contributed by atoms with Crippen LogP contribution < -0.4 is 0 Å². The van der Waals surface area contributed by atoms with Crippen LogP contribution in [-0.2, 0) is 4.79 Å². The molecule has 5 rings (SSSR count). The Morgan fingerprint density at radius 3 is 2.39 bits per heavy atom. The van der Waals surface area contributed by atoms with Crippen molar-refractivity contribution in [1.29, 1.82) is 0 Å². The second-order valence-electron chi connectivity index (χ2n) is 8.99. The molecule has 0 radical (unpaired) electrons. The van der Waals surface area contributed by atoms with Crippen molar-refractivity contribution in [2.75, 3.05) is 53.4 Å². The van der Waals surface area contributed by atoms with Crippen molar-refractivity contribution >= 4 is 35.3 Å². The molecule has 0 N–H and O–H groups in total. The molecule has 1 atom stereocenters. The third-order valence-corrected chi connectivity index (χ3v) is 6.78. The van der Waals surface area contributed by atoms with Crippen LogP contribution in [0.4, 0.5) is 4.79 Å². The number of hydrogen-bond donors (Lipinski definition) is 0. The van der Waals surface area contributed by atoms with E-state index in [1.807, 2.05) is 6.07 Å². The maximum Gasteiger partial charge on any atom is 0.333 e. The number of piperazine rings is 1. The molecule has 11 nitrogen and oxygen atoms in total. The Morgan fingerprint density at radius 1 is 1.00 bits per heavy atom. The lowest BCUT2D eigenvalue weighted by atomic mass is 10.1.